The Kier molecular flexibility index (Phi) is 4.21. The highest BCUT2D eigenvalue weighted by Crippen LogP contribution is 2.27. The van der Waals surface area contributed by atoms with Gasteiger partial charge in [-0.05, 0) is 37.3 Å². The van der Waals surface area contributed by atoms with Gasteiger partial charge >= 0.3 is 0 Å². The maximum atomic E-state index is 5.77. The van der Waals surface area contributed by atoms with Gasteiger partial charge in [0.1, 0.15) is 0 Å². The van der Waals surface area contributed by atoms with Crippen molar-refractivity contribution in [3.8, 4) is 0 Å². The van der Waals surface area contributed by atoms with E-state index in [1.165, 1.54) is 24.1 Å². The highest BCUT2D eigenvalue weighted by atomic mass is 16.5. The average molecular weight is 273 g/mol. The predicted octanol–water partition coefficient (Wildman–Crippen LogP) is 2.19. The van der Waals surface area contributed by atoms with Crippen LogP contribution in [-0.2, 0) is 11.2 Å². The summed E-state index contributed by atoms with van der Waals surface area (Å²) in [6, 6.07) is 8.57. The van der Waals surface area contributed by atoms with Gasteiger partial charge in [-0.2, -0.15) is 0 Å². The minimum atomic E-state index is 0.332. The number of ether oxygens (including phenoxy) is 1. The van der Waals surface area contributed by atoms with Crippen LogP contribution < -0.4 is 10.2 Å². The van der Waals surface area contributed by atoms with E-state index in [0.717, 1.165) is 38.5 Å². The molecule has 1 fully saturated rings. The minimum Gasteiger partial charge on any atom is -0.376 e. The SMILES string of the molecule is CN=C(NCC1CCCCO1)N1CCc2ccccc21. The van der Waals surface area contributed by atoms with E-state index in [0.29, 0.717) is 6.10 Å². The van der Waals surface area contributed by atoms with Gasteiger partial charge in [0.05, 0.1) is 6.10 Å². The van der Waals surface area contributed by atoms with E-state index in [2.05, 4.69) is 39.5 Å². The van der Waals surface area contributed by atoms with Crippen molar-refractivity contribution in [3.63, 3.8) is 0 Å². The van der Waals surface area contributed by atoms with E-state index < -0.39 is 0 Å². The van der Waals surface area contributed by atoms with Gasteiger partial charge in [-0.25, -0.2) is 0 Å². The van der Waals surface area contributed by atoms with Crippen molar-refractivity contribution >= 4 is 11.6 Å². The number of benzene rings is 1. The number of para-hydroxylation sites is 1. The smallest absolute Gasteiger partial charge is 0.198 e. The quantitative estimate of drug-likeness (QED) is 0.663. The monoisotopic (exact) mass is 273 g/mol. The number of rotatable bonds is 2. The predicted molar refractivity (Wildman–Crippen MR) is 82.4 cm³/mol. The number of nitrogens with zero attached hydrogens (tertiary/aromatic N) is 2. The molecular weight excluding hydrogens is 250 g/mol. The zero-order valence-electron chi connectivity index (χ0n) is 12.1. The molecule has 0 bridgehead atoms. The Labute approximate surface area is 120 Å². The molecule has 1 saturated heterocycles. The van der Waals surface area contributed by atoms with Crippen molar-refractivity contribution in [3.05, 3.63) is 29.8 Å². The number of nitrogens with one attached hydrogen (secondary N) is 1. The van der Waals surface area contributed by atoms with Crippen LogP contribution in [0.5, 0.6) is 0 Å². The molecule has 1 N–H and O–H groups in total. The molecule has 20 heavy (non-hydrogen) atoms. The van der Waals surface area contributed by atoms with Gasteiger partial charge in [0.2, 0.25) is 0 Å². The van der Waals surface area contributed by atoms with Crippen molar-refractivity contribution < 1.29 is 4.74 Å². The summed E-state index contributed by atoms with van der Waals surface area (Å²) < 4.78 is 5.77. The average Bonchev–Trinajstić information content (AvgIpc) is 2.93. The second-order valence-corrected chi connectivity index (χ2v) is 5.45. The number of hydrogen-bond acceptors (Lipinski definition) is 2. The Morgan fingerprint density at radius 3 is 3.10 bits per heavy atom. The Morgan fingerprint density at radius 1 is 1.40 bits per heavy atom. The largest absolute Gasteiger partial charge is 0.376 e. The molecule has 0 aromatic heterocycles. The van der Waals surface area contributed by atoms with E-state index in [-0.39, 0.29) is 0 Å². The molecule has 0 amide bonds. The molecule has 0 aliphatic carbocycles. The molecule has 108 valence electrons. The number of guanidine groups is 1. The third-order valence-electron chi connectivity index (χ3n) is 4.12. The summed E-state index contributed by atoms with van der Waals surface area (Å²) >= 11 is 0. The highest BCUT2D eigenvalue weighted by Gasteiger charge is 2.23. The van der Waals surface area contributed by atoms with Crippen LogP contribution in [0.3, 0.4) is 0 Å². The fraction of sp³-hybridized carbons (Fsp3) is 0.562. The van der Waals surface area contributed by atoms with Crippen molar-refractivity contribution in [1.29, 1.82) is 0 Å². The molecule has 4 heteroatoms. The van der Waals surface area contributed by atoms with Crippen LogP contribution in [0.4, 0.5) is 5.69 Å². The number of fused-ring (bicyclic) bond motifs is 1. The lowest BCUT2D eigenvalue weighted by molar-refractivity contribution is 0.0195. The molecule has 4 nitrogen and oxygen atoms in total. The van der Waals surface area contributed by atoms with Gasteiger partial charge in [-0.1, -0.05) is 18.2 Å². The van der Waals surface area contributed by atoms with Crippen LogP contribution in [0.1, 0.15) is 24.8 Å². The summed E-state index contributed by atoms with van der Waals surface area (Å²) in [5.74, 6) is 0.962. The summed E-state index contributed by atoms with van der Waals surface area (Å²) in [7, 11) is 1.85. The van der Waals surface area contributed by atoms with Crippen LogP contribution in [0.2, 0.25) is 0 Å². The Morgan fingerprint density at radius 2 is 2.30 bits per heavy atom. The zero-order valence-corrected chi connectivity index (χ0v) is 12.1. The van der Waals surface area contributed by atoms with Crippen molar-refractivity contribution in [2.24, 2.45) is 4.99 Å². The number of anilines is 1. The molecule has 0 saturated carbocycles. The molecule has 2 heterocycles. The Bertz CT molecular complexity index is 480. The number of hydrogen-bond donors (Lipinski definition) is 1. The fourth-order valence-corrected chi connectivity index (χ4v) is 3.03. The van der Waals surface area contributed by atoms with Gasteiger partial charge in [0.25, 0.3) is 0 Å². The second-order valence-electron chi connectivity index (χ2n) is 5.45. The van der Waals surface area contributed by atoms with Gasteiger partial charge in [-0.3, -0.25) is 4.99 Å². The van der Waals surface area contributed by atoms with E-state index in [1.54, 1.807) is 0 Å². The van der Waals surface area contributed by atoms with Gasteiger partial charge in [-0.15, -0.1) is 0 Å². The fourth-order valence-electron chi connectivity index (χ4n) is 3.03. The molecule has 0 radical (unpaired) electrons. The zero-order chi connectivity index (χ0) is 13.8. The summed E-state index contributed by atoms with van der Waals surface area (Å²) in [5, 5.41) is 3.47. The first-order valence-electron chi connectivity index (χ1n) is 7.56. The maximum absolute atomic E-state index is 5.77. The van der Waals surface area contributed by atoms with Crippen LogP contribution in [0, 0.1) is 0 Å². The summed E-state index contributed by atoms with van der Waals surface area (Å²) in [4.78, 5) is 6.71. The third-order valence-corrected chi connectivity index (χ3v) is 4.12. The normalized spacial score (nSPS) is 22.8. The van der Waals surface area contributed by atoms with Crippen LogP contribution >= 0.6 is 0 Å². The molecule has 2 aliphatic heterocycles. The van der Waals surface area contributed by atoms with Crippen LogP contribution in [0.15, 0.2) is 29.3 Å². The lowest BCUT2D eigenvalue weighted by Crippen LogP contribution is -2.44. The van der Waals surface area contributed by atoms with E-state index in [4.69, 9.17) is 4.74 Å². The standard InChI is InChI=1S/C16H23N3O/c1-17-16(18-12-14-7-4-5-11-20-14)19-10-9-13-6-2-3-8-15(13)19/h2-3,6,8,14H,4-5,7,9-12H2,1H3,(H,17,18). The summed E-state index contributed by atoms with van der Waals surface area (Å²) in [6.07, 6.45) is 5.05. The van der Waals surface area contributed by atoms with Crippen molar-refractivity contribution in [1.82, 2.24) is 5.32 Å². The molecule has 2 aliphatic rings. The first-order chi connectivity index (χ1) is 9.88. The van der Waals surface area contributed by atoms with E-state index in [9.17, 15) is 0 Å². The lowest BCUT2D eigenvalue weighted by Gasteiger charge is -2.27. The Balaban J connectivity index is 1.63. The first kappa shape index (κ1) is 13.4. The topological polar surface area (TPSA) is 36.9 Å². The lowest BCUT2D eigenvalue weighted by atomic mass is 10.1. The van der Waals surface area contributed by atoms with Crippen LogP contribution in [0.25, 0.3) is 0 Å². The second kappa shape index (κ2) is 6.27. The van der Waals surface area contributed by atoms with Crippen molar-refractivity contribution in [2.75, 3.05) is 31.6 Å². The number of aliphatic imine (C=N–C) groups is 1. The van der Waals surface area contributed by atoms with Gasteiger partial charge in [0, 0.05) is 32.4 Å². The van der Waals surface area contributed by atoms with Crippen molar-refractivity contribution in [2.45, 2.75) is 31.8 Å². The van der Waals surface area contributed by atoms with E-state index >= 15 is 0 Å². The molecule has 1 aromatic rings. The maximum Gasteiger partial charge on any atom is 0.198 e. The van der Waals surface area contributed by atoms with Crippen LogP contribution in [-0.4, -0.2) is 38.8 Å². The summed E-state index contributed by atoms with van der Waals surface area (Å²) in [5.41, 5.74) is 2.69. The van der Waals surface area contributed by atoms with Gasteiger partial charge < -0.3 is 15.0 Å². The van der Waals surface area contributed by atoms with Gasteiger partial charge in [0.15, 0.2) is 5.96 Å². The molecule has 1 atom stereocenters. The summed E-state index contributed by atoms with van der Waals surface area (Å²) in [6.45, 7) is 2.76. The molecule has 1 unspecified atom stereocenters. The molecule has 1 aromatic carbocycles. The highest BCUT2D eigenvalue weighted by molar-refractivity contribution is 5.97. The third kappa shape index (κ3) is 2.80. The molecule has 0 spiro atoms. The Hall–Kier alpha value is -1.55. The van der Waals surface area contributed by atoms with E-state index in [1.807, 2.05) is 7.05 Å². The molecule has 3 rings (SSSR count). The first-order valence-corrected chi connectivity index (χ1v) is 7.56. The molecular formula is C16H23N3O. The minimum absolute atomic E-state index is 0.332.